The second-order valence-electron chi connectivity index (χ2n) is 9.51. The number of nitrogens with one attached hydrogen (secondary N) is 2. The van der Waals surface area contributed by atoms with Gasteiger partial charge < -0.3 is 15.2 Å². The lowest BCUT2D eigenvalue weighted by Gasteiger charge is -2.38. The molecule has 1 saturated carbocycles. The normalized spacial score (nSPS) is 22.6. The molecule has 186 valence electrons. The monoisotopic (exact) mass is 488 g/mol. The Morgan fingerprint density at radius 2 is 1.94 bits per heavy atom. The van der Waals surface area contributed by atoms with E-state index in [1.807, 2.05) is 4.90 Å². The minimum absolute atomic E-state index is 0.119. The maximum Gasteiger partial charge on any atom is 0.270 e. The van der Waals surface area contributed by atoms with Crippen LogP contribution in [0.1, 0.15) is 47.6 Å². The Morgan fingerprint density at radius 3 is 2.60 bits per heavy atom. The molecule has 35 heavy (non-hydrogen) atoms. The van der Waals surface area contributed by atoms with Gasteiger partial charge in [0.2, 0.25) is 5.95 Å². The molecule has 8 nitrogen and oxygen atoms in total. The Bertz CT molecular complexity index is 1210. The van der Waals surface area contributed by atoms with Crippen molar-refractivity contribution >= 4 is 17.2 Å². The highest BCUT2D eigenvalue weighted by Crippen LogP contribution is 2.37. The van der Waals surface area contributed by atoms with Gasteiger partial charge in [0.1, 0.15) is 11.5 Å². The van der Waals surface area contributed by atoms with Gasteiger partial charge in [-0.05, 0) is 37.5 Å². The van der Waals surface area contributed by atoms with Gasteiger partial charge >= 0.3 is 0 Å². The Kier molecular flexibility index (Phi) is 6.12. The van der Waals surface area contributed by atoms with E-state index in [-0.39, 0.29) is 17.3 Å². The number of amides is 1. The third-order valence-electron chi connectivity index (χ3n) is 7.00. The number of piperazine rings is 1. The van der Waals surface area contributed by atoms with Gasteiger partial charge in [-0.2, -0.15) is 4.39 Å². The number of aryl methyl sites for hydroxylation is 1. The van der Waals surface area contributed by atoms with E-state index in [0.29, 0.717) is 30.2 Å². The second-order valence-corrected chi connectivity index (χ2v) is 9.51. The Balaban J connectivity index is 1.17. The van der Waals surface area contributed by atoms with Gasteiger partial charge in [-0.1, -0.05) is 6.08 Å². The number of aromatic nitrogens is 3. The molecule has 1 atom stereocenters. The largest absolute Gasteiger partial charge is 0.365 e. The highest BCUT2D eigenvalue weighted by molar-refractivity contribution is 5.92. The van der Waals surface area contributed by atoms with Crippen LogP contribution in [0.2, 0.25) is 0 Å². The molecule has 0 bridgehead atoms. The van der Waals surface area contributed by atoms with Crippen LogP contribution >= 0.6 is 0 Å². The molecule has 0 radical (unpaired) electrons. The van der Waals surface area contributed by atoms with E-state index in [2.05, 4.69) is 31.2 Å². The van der Waals surface area contributed by atoms with Crippen LogP contribution in [0, 0.1) is 12.9 Å². The first kappa shape index (κ1) is 23.5. The van der Waals surface area contributed by atoms with E-state index >= 15 is 0 Å². The number of pyridine rings is 1. The van der Waals surface area contributed by atoms with Gasteiger partial charge in [0.15, 0.2) is 0 Å². The molecule has 2 aliphatic carbocycles. The van der Waals surface area contributed by atoms with Crippen molar-refractivity contribution in [2.24, 2.45) is 0 Å². The summed E-state index contributed by atoms with van der Waals surface area (Å²) in [5, 5.41) is 2.47. The molecule has 3 heterocycles. The quantitative estimate of drug-likeness (QED) is 0.629. The van der Waals surface area contributed by atoms with E-state index in [9.17, 15) is 22.8 Å². The van der Waals surface area contributed by atoms with Gasteiger partial charge in [0, 0.05) is 62.9 Å². The lowest BCUT2D eigenvalue weighted by atomic mass is 9.88. The number of carbonyl (C=O) groups excluding carboxylic acids is 1. The summed E-state index contributed by atoms with van der Waals surface area (Å²) in [5.41, 5.74) is 1.69. The molecule has 2 fully saturated rings. The van der Waals surface area contributed by atoms with Crippen molar-refractivity contribution < 1.29 is 18.0 Å². The van der Waals surface area contributed by atoms with Gasteiger partial charge in [-0.15, -0.1) is 0 Å². The first-order chi connectivity index (χ1) is 16.7. The van der Waals surface area contributed by atoms with Gasteiger partial charge in [0.05, 0.1) is 5.69 Å². The van der Waals surface area contributed by atoms with Crippen molar-refractivity contribution in [2.75, 3.05) is 31.1 Å². The summed E-state index contributed by atoms with van der Waals surface area (Å²) < 4.78 is 40.7. The predicted octanol–water partition coefficient (Wildman–Crippen LogP) is 2.51. The lowest BCUT2D eigenvalue weighted by Crippen LogP contribution is -2.50. The first-order valence-electron chi connectivity index (χ1n) is 11.8. The lowest BCUT2D eigenvalue weighted by molar-refractivity contribution is -0.0901. The summed E-state index contributed by atoms with van der Waals surface area (Å²) in [4.78, 5) is 39.3. The molecule has 1 saturated heterocycles. The van der Waals surface area contributed by atoms with Crippen molar-refractivity contribution in [3.8, 4) is 0 Å². The average Bonchev–Trinajstić information content (AvgIpc) is 3.30. The van der Waals surface area contributed by atoms with Crippen LogP contribution in [0.4, 0.5) is 18.9 Å². The van der Waals surface area contributed by atoms with E-state index in [1.54, 1.807) is 13.1 Å². The highest BCUT2D eigenvalue weighted by Gasteiger charge is 2.46. The number of hydrogen-bond donors (Lipinski definition) is 2. The zero-order valence-corrected chi connectivity index (χ0v) is 19.4. The smallest absolute Gasteiger partial charge is 0.270 e. The minimum Gasteiger partial charge on any atom is -0.365 e. The summed E-state index contributed by atoms with van der Waals surface area (Å²) in [6, 6.07) is 2.57. The number of aromatic amines is 1. The Hall–Kier alpha value is -3.21. The van der Waals surface area contributed by atoms with Crippen LogP contribution in [-0.2, 0) is 0 Å². The molecule has 2 aromatic rings. The third kappa shape index (κ3) is 4.95. The van der Waals surface area contributed by atoms with Crippen LogP contribution in [0.3, 0.4) is 0 Å². The van der Waals surface area contributed by atoms with Crippen molar-refractivity contribution in [3.05, 3.63) is 57.8 Å². The number of H-pyrrole nitrogens is 1. The molecular weight excluding hydrogens is 461 g/mol. The molecule has 11 heteroatoms. The maximum atomic E-state index is 14.7. The maximum absolute atomic E-state index is 14.7. The summed E-state index contributed by atoms with van der Waals surface area (Å²) in [6.45, 7) is 4.37. The summed E-state index contributed by atoms with van der Waals surface area (Å²) >= 11 is 0. The second kappa shape index (κ2) is 9.10. The minimum atomic E-state index is -2.74. The topological polar surface area (TPSA) is 94.2 Å². The fourth-order valence-electron chi connectivity index (χ4n) is 4.92. The molecule has 5 rings (SSSR count). The van der Waals surface area contributed by atoms with Crippen molar-refractivity contribution in [1.29, 1.82) is 0 Å². The fraction of sp³-hybridized carbons (Fsp3) is 0.500. The van der Waals surface area contributed by atoms with Crippen molar-refractivity contribution in [2.45, 2.75) is 50.6 Å². The molecule has 2 N–H and O–H groups in total. The fourth-order valence-corrected chi connectivity index (χ4v) is 4.92. The Labute approximate surface area is 200 Å². The number of anilines is 1. The molecule has 1 amide bonds. The van der Waals surface area contributed by atoms with Gasteiger partial charge in [-0.3, -0.25) is 14.5 Å². The van der Waals surface area contributed by atoms with E-state index in [0.717, 1.165) is 31.5 Å². The van der Waals surface area contributed by atoms with E-state index in [1.165, 1.54) is 12.1 Å². The van der Waals surface area contributed by atoms with Crippen molar-refractivity contribution in [1.82, 2.24) is 25.2 Å². The highest BCUT2D eigenvalue weighted by atomic mass is 19.3. The number of alkyl halides is 2. The molecule has 0 spiro atoms. The molecular formula is C24H27F3N6O2. The number of hydrogen-bond acceptors (Lipinski definition) is 6. The van der Waals surface area contributed by atoms with E-state index < -0.39 is 36.7 Å². The van der Waals surface area contributed by atoms with Crippen LogP contribution in [0.15, 0.2) is 29.2 Å². The van der Waals surface area contributed by atoms with Gasteiger partial charge in [0.25, 0.3) is 17.4 Å². The number of carbonyl (C=O) groups is 1. The number of nitrogens with zero attached hydrogens (tertiary/aromatic N) is 4. The molecule has 0 aromatic carbocycles. The van der Waals surface area contributed by atoms with Crippen LogP contribution < -0.4 is 15.8 Å². The first-order valence-corrected chi connectivity index (χ1v) is 11.8. The van der Waals surface area contributed by atoms with Crippen LogP contribution in [0.25, 0.3) is 5.57 Å². The van der Waals surface area contributed by atoms with Gasteiger partial charge in [-0.25, -0.2) is 18.7 Å². The molecule has 3 aliphatic rings. The number of halogens is 3. The van der Waals surface area contributed by atoms with Crippen molar-refractivity contribution in [3.63, 3.8) is 0 Å². The molecule has 1 unspecified atom stereocenters. The predicted molar refractivity (Wildman–Crippen MR) is 124 cm³/mol. The molecule has 2 aromatic heterocycles. The zero-order chi connectivity index (χ0) is 24.7. The van der Waals surface area contributed by atoms with Crippen LogP contribution in [0.5, 0.6) is 0 Å². The zero-order valence-electron chi connectivity index (χ0n) is 19.4. The summed E-state index contributed by atoms with van der Waals surface area (Å²) in [6.07, 6.45) is 4.69. The Morgan fingerprint density at radius 1 is 1.20 bits per heavy atom. The van der Waals surface area contributed by atoms with Crippen LogP contribution in [-0.4, -0.2) is 69.9 Å². The SMILES string of the molecule is Cc1cnc(C2=CC(N3CCN(c4ccc(C(=O)NC5CC(F)(F)C5)nc4F)CC3)CC2)[nH]c1=O. The molecule has 1 aliphatic heterocycles. The average molecular weight is 489 g/mol. The number of rotatable bonds is 5. The summed E-state index contributed by atoms with van der Waals surface area (Å²) in [5.74, 6) is -3.52. The summed E-state index contributed by atoms with van der Waals surface area (Å²) in [7, 11) is 0. The third-order valence-corrected chi connectivity index (χ3v) is 7.00. The van der Waals surface area contributed by atoms with E-state index in [4.69, 9.17) is 0 Å². The number of allylic oxidation sites excluding steroid dienone is 1. The standard InChI is InChI=1S/C24H27F3N6O2/c1-14-13-28-21(31-22(14)34)15-2-3-17(10-15)32-6-8-33(9-7-32)19-5-4-18(30-20(19)25)23(35)29-16-11-24(26,27)12-16/h4-5,10,13,16-17H,2-3,6-9,11-12H2,1H3,(H,29,35)(H,28,31,34).